The standard InChI is InChI=1S/C14H14FNO3/c1-7-10-3-2-4-11(15)13(10)19-12(7)14(18)16-8-5-9(17)6-8/h2-4,8-9,17H,5-6H2,1H3,(H,16,18). The molecule has 1 aliphatic carbocycles. The van der Waals surface area contributed by atoms with E-state index in [4.69, 9.17) is 4.42 Å². The van der Waals surface area contributed by atoms with E-state index in [2.05, 4.69) is 5.32 Å². The van der Waals surface area contributed by atoms with Gasteiger partial charge in [0.2, 0.25) is 0 Å². The molecule has 100 valence electrons. The van der Waals surface area contributed by atoms with Gasteiger partial charge in [0.1, 0.15) is 0 Å². The average Bonchev–Trinajstić information content (AvgIpc) is 2.67. The molecule has 0 atom stereocenters. The third-order valence-electron chi connectivity index (χ3n) is 3.57. The summed E-state index contributed by atoms with van der Waals surface area (Å²) >= 11 is 0. The van der Waals surface area contributed by atoms with Crippen LogP contribution in [0.2, 0.25) is 0 Å². The molecule has 1 heterocycles. The van der Waals surface area contributed by atoms with Gasteiger partial charge in [-0.3, -0.25) is 4.79 Å². The molecule has 0 aliphatic heterocycles. The van der Waals surface area contributed by atoms with E-state index in [-0.39, 0.29) is 29.4 Å². The second-order valence-electron chi connectivity index (χ2n) is 4.97. The minimum Gasteiger partial charge on any atom is -0.448 e. The lowest BCUT2D eigenvalue weighted by Gasteiger charge is -2.31. The number of hydrogen-bond donors (Lipinski definition) is 2. The van der Waals surface area contributed by atoms with Crippen LogP contribution in [0.1, 0.15) is 29.0 Å². The first-order valence-electron chi connectivity index (χ1n) is 6.23. The first-order valence-corrected chi connectivity index (χ1v) is 6.23. The largest absolute Gasteiger partial charge is 0.448 e. The third kappa shape index (κ3) is 2.00. The summed E-state index contributed by atoms with van der Waals surface area (Å²) in [6.45, 7) is 1.73. The highest BCUT2D eigenvalue weighted by molar-refractivity contribution is 5.99. The number of aryl methyl sites for hydroxylation is 1. The number of carbonyl (C=O) groups is 1. The Morgan fingerprint density at radius 1 is 1.47 bits per heavy atom. The van der Waals surface area contributed by atoms with Crippen molar-refractivity contribution in [2.75, 3.05) is 0 Å². The fraction of sp³-hybridized carbons (Fsp3) is 0.357. The SMILES string of the molecule is Cc1c(C(=O)NC2CC(O)C2)oc2c(F)cccc12. The molecule has 19 heavy (non-hydrogen) atoms. The van der Waals surface area contributed by atoms with Crippen LogP contribution < -0.4 is 5.32 Å². The number of nitrogens with one attached hydrogen (secondary N) is 1. The Bertz CT molecular complexity index is 643. The van der Waals surface area contributed by atoms with E-state index in [0.717, 1.165) is 0 Å². The second-order valence-corrected chi connectivity index (χ2v) is 4.97. The van der Waals surface area contributed by atoms with Gasteiger partial charge in [-0.2, -0.15) is 0 Å². The summed E-state index contributed by atoms with van der Waals surface area (Å²) < 4.78 is 18.9. The number of fused-ring (bicyclic) bond motifs is 1. The normalized spacial score (nSPS) is 22.3. The first-order chi connectivity index (χ1) is 9.06. The molecule has 0 unspecified atom stereocenters. The summed E-state index contributed by atoms with van der Waals surface area (Å²) in [5, 5.41) is 12.6. The molecule has 1 aromatic heterocycles. The summed E-state index contributed by atoms with van der Waals surface area (Å²) in [6.07, 6.45) is 0.776. The number of aliphatic hydroxyl groups excluding tert-OH is 1. The van der Waals surface area contributed by atoms with Gasteiger partial charge < -0.3 is 14.8 Å². The molecule has 0 spiro atoms. The molecule has 0 radical (unpaired) electrons. The van der Waals surface area contributed by atoms with Crippen molar-refractivity contribution in [3.05, 3.63) is 35.3 Å². The van der Waals surface area contributed by atoms with Gasteiger partial charge in [0, 0.05) is 17.0 Å². The Labute approximate surface area is 109 Å². The van der Waals surface area contributed by atoms with Crippen LogP contribution >= 0.6 is 0 Å². The highest BCUT2D eigenvalue weighted by Crippen LogP contribution is 2.28. The number of para-hydroxylation sites is 1. The number of halogens is 1. The molecular weight excluding hydrogens is 249 g/mol. The molecule has 1 aromatic carbocycles. The molecule has 4 nitrogen and oxygen atoms in total. The fourth-order valence-corrected chi connectivity index (χ4v) is 2.38. The summed E-state index contributed by atoms with van der Waals surface area (Å²) in [5.74, 6) is -0.690. The van der Waals surface area contributed by atoms with Gasteiger partial charge in [0.15, 0.2) is 17.2 Å². The number of furan rings is 1. The number of hydrogen-bond acceptors (Lipinski definition) is 3. The molecule has 2 N–H and O–H groups in total. The maximum absolute atomic E-state index is 13.6. The van der Waals surface area contributed by atoms with Crippen LogP contribution in [0.3, 0.4) is 0 Å². The van der Waals surface area contributed by atoms with Crippen molar-refractivity contribution in [1.82, 2.24) is 5.32 Å². The molecule has 0 bridgehead atoms. The van der Waals surface area contributed by atoms with Crippen molar-refractivity contribution in [2.45, 2.75) is 31.9 Å². The van der Waals surface area contributed by atoms with Crippen molar-refractivity contribution in [1.29, 1.82) is 0 Å². The van der Waals surface area contributed by atoms with Crippen molar-refractivity contribution < 1.29 is 18.7 Å². The lowest BCUT2D eigenvalue weighted by atomic mass is 9.89. The van der Waals surface area contributed by atoms with Gasteiger partial charge >= 0.3 is 0 Å². The Morgan fingerprint density at radius 3 is 2.84 bits per heavy atom. The van der Waals surface area contributed by atoms with E-state index in [0.29, 0.717) is 23.8 Å². The van der Waals surface area contributed by atoms with E-state index < -0.39 is 5.82 Å². The van der Waals surface area contributed by atoms with E-state index in [9.17, 15) is 14.3 Å². The Balaban J connectivity index is 1.90. The van der Waals surface area contributed by atoms with Gasteiger partial charge in [-0.1, -0.05) is 12.1 Å². The number of aliphatic hydroxyl groups is 1. The van der Waals surface area contributed by atoms with E-state index in [1.165, 1.54) is 6.07 Å². The fourth-order valence-electron chi connectivity index (χ4n) is 2.38. The first kappa shape index (κ1) is 12.2. The smallest absolute Gasteiger partial charge is 0.287 e. The number of amides is 1. The van der Waals surface area contributed by atoms with Crippen LogP contribution in [0.5, 0.6) is 0 Å². The van der Waals surface area contributed by atoms with E-state index in [1.54, 1.807) is 19.1 Å². The molecule has 0 saturated heterocycles. The lowest BCUT2D eigenvalue weighted by molar-refractivity contribution is 0.0551. The van der Waals surface area contributed by atoms with Crippen LogP contribution in [-0.4, -0.2) is 23.2 Å². The van der Waals surface area contributed by atoms with Crippen LogP contribution in [0.25, 0.3) is 11.0 Å². The number of carbonyl (C=O) groups excluding carboxylic acids is 1. The zero-order chi connectivity index (χ0) is 13.6. The molecule has 1 fully saturated rings. The third-order valence-corrected chi connectivity index (χ3v) is 3.57. The van der Waals surface area contributed by atoms with Crippen LogP contribution in [-0.2, 0) is 0 Å². The van der Waals surface area contributed by atoms with Crippen LogP contribution in [0.15, 0.2) is 22.6 Å². The van der Waals surface area contributed by atoms with Gasteiger partial charge in [-0.05, 0) is 25.8 Å². The molecule has 3 rings (SSSR count). The Kier molecular flexibility index (Phi) is 2.78. The maximum Gasteiger partial charge on any atom is 0.287 e. The van der Waals surface area contributed by atoms with Crippen molar-refractivity contribution in [3.63, 3.8) is 0 Å². The summed E-state index contributed by atoms with van der Waals surface area (Å²) in [4.78, 5) is 12.0. The Hall–Kier alpha value is -1.88. The molecule has 1 saturated carbocycles. The predicted molar refractivity (Wildman–Crippen MR) is 67.4 cm³/mol. The van der Waals surface area contributed by atoms with E-state index >= 15 is 0 Å². The van der Waals surface area contributed by atoms with Crippen molar-refractivity contribution in [2.24, 2.45) is 0 Å². The summed E-state index contributed by atoms with van der Waals surface area (Å²) in [7, 11) is 0. The van der Waals surface area contributed by atoms with E-state index in [1.807, 2.05) is 0 Å². The summed E-state index contributed by atoms with van der Waals surface area (Å²) in [5.41, 5.74) is 0.741. The maximum atomic E-state index is 13.6. The zero-order valence-electron chi connectivity index (χ0n) is 10.4. The highest BCUT2D eigenvalue weighted by Gasteiger charge is 2.30. The predicted octanol–water partition coefficient (Wildman–Crippen LogP) is 2.13. The number of benzene rings is 1. The monoisotopic (exact) mass is 263 g/mol. The van der Waals surface area contributed by atoms with Gasteiger partial charge in [0.25, 0.3) is 5.91 Å². The summed E-state index contributed by atoms with van der Waals surface area (Å²) in [6, 6.07) is 4.58. The topological polar surface area (TPSA) is 62.5 Å². The van der Waals surface area contributed by atoms with Gasteiger partial charge in [0.05, 0.1) is 6.10 Å². The number of rotatable bonds is 2. The minimum absolute atomic E-state index is 0.0278. The molecule has 5 heteroatoms. The highest BCUT2D eigenvalue weighted by atomic mass is 19.1. The van der Waals surface area contributed by atoms with Crippen LogP contribution in [0, 0.1) is 12.7 Å². The quantitative estimate of drug-likeness (QED) is 0.872. The second kappa shape index (κ2) is 4.35. The molecular formula is C14H14FNO3. The lowest BCUT2D eigenvalue weighted by Crippen LogP contribution is -2.46. The van der Waals surface area contributed by atoms with Crippen molar-refractivity contribution >= 4 is 16.9 Å². The molecule has 1 aliphatic rings. The average molecular weight is 263 g/mol. The minimum atomic E-state index is -0.473. The van der Waals surface area contributed by atoms with Gasteiger partial charge in [-0.15, -0.1) is 0 Å². The molecule has 2 aromatic rings. The van der Waals surface area contributed by atoms with Gasteiger partial charge in [-0.25, -0.2) is 4.39 Å². The van der Waals surface area contributed by atoms with Crippen molar-refractivity contribution in [3.8, 4) is 0 Å². The molecule has 1 amide bonds. The van der Waals surface area contributed by atoms with Crippen LogP contribution in [0.4, 0.5) is 4.39 Å². The zero-order valence-corrected chi connectivity index (χ0v) is 10.4. The Morgan fingerprint density at radius 2 is 2.21 bits per heavy atom.